The number of amides is 2. The molecule has 0 saturated heterocycles. The molecular weight excluding hydrogens is 318 g/mol. The highest BCUT2D eigenvalue weighted by atomic mass is 19.3. The van der Waals surface area contributed by atoms with Gasteiger partial charge in [0.2, 0.25) is 11.8 Å². The normalized spacial score (nSPS) is 12.7. The van der Waals surface area contributed by atoms with Crippen LogP contribution in [0.4, 0.5) is 8.78 Å². The third-order valence-electron chi connectivity index (χ3n) is 3.34. The molecule has 1 aromatic rings. The van der Waals surface area contributed by atoms with Gasteiger partial charge in [0.15, 0.2) is 0 Å². The van der Waals surface area contributed by atoms with Crippen LogP contribution in [0, 0.1) is 5.41 Å². The Kier molecular flexibility index (Phi) is 6.69. The van der Waals surface area contributed by atoms with Crippen LogP contribution in [-0.4, -0.2) is 36.4 Å². The molecule has 0 aliphatic rings. The zero-order valence-corrected chi connectivity index (χ0v) is 14.6. The van der Waals surface area contributed by atoms with E-state index in [-0.39, 0.29) is 17.6 Å². The van der Waals surface area contributed by atoms with E-state index in [1.807, 2.05) is 0 Å². The molecular formula is C17H24F2N2O3. The van der Waals surface area contributed by atoms with Crippen molar-refractivity contribution in [1.82, 2.24) is 10.2 Å². The predicted molar refractivity (Wildman–Crippen MR) is 86.6 cm³/mol. The lowest BCUT2D eigenvalue weighted by molar-refractivity contribution is -0.137. The number of ether oxygens (including phenoxy) is 1. The first kappa shape index (κ1) is 19.9. The SMILES string of the molecule is C[C@@H](NC(=O)C(C)(C)C)C(=O)N(C)Cc1ccc(OC(F)F)cc1. The molecule has 0 spiro atoms. The van der Waals surface area contributed by atoms with E-state index in [4.69, 9.17) is 0 Å². The van der Waals surface area contributed by atoms with Gasteiger partial charge in [0.25, 0.3) is 0 Å². The first-order valence-electron chi connectivity index (χ1n) is 7.60. The highest BCUT2D eigenvalue weighted by Crippen LogP contribution is 2.16. The van der Waals surface area contributed by atoms with E-state index in [0.717, 1.165) is 5.56 Å². The smallest absolute Gasteiger partial charge is 0.387 e. The minimum atomic E-state index is -2.87. The van der Waals surface area contributed by atoms with Crippen LogP contribution in [-0.2, 0) is 16.1 Å². The summed E-state index contributed by atoms with van der Waals surface area (Å²) in [5.41, 5.74) is 0.190. The Balaban J connectivity index is 2.61. The van der Waals surface area contributed by atoms with Gasteiger partial charge in [-0.2, -0.15) is 8.78 Å². The Bertz CT molecular complexity index is 568. The highest BCUT2D eigenvalue weighted by Gasteiger charge is 2.26. The summed E-state index contributed by atoms with van der Waals surface area (Å²) in [5, 5.41) is 2.68. The summed E-state index contributed by atoms with van der Waals surface area (Å²) in [6, 6.07) is 5.41. The van der Waals surface area contributed by atoms with Crippen LogP contribution in [0.1, 0.15) is 33.3 Å². The second-order valence-corrected chi connectivity index (χ2v) is 6.66. The third-order valence-corrected chi connectivity index (χ3v) is 3.34. The Morgan fingerprint density at radius 1 is 1.21 bits per heavy atom. The number of carbonyl (C=O) groups excluding carboxylic acids is 2. The number of likely N-dealkylation sites (N-methyl/N-ethyl adjacent to an activating group) is 1. The molecule has 24 heavy (non-hydrogen) atoms. The van der Waals surface area contributed by atoms with Crippen LogP contribution in [0.15, 0.2) is 24.3 Å². The molecule has 1 aromatic carbocycles. The van der Waals surface area contributed by atoms with Gasteiger partial charge in [-0.05, 0) is 24.6 Å². The van der Waals surface area contributed by atoms with Gasteiger partial charge in [0.1, 0.15) is 11.8 Å². The van der Waals surface area contributed by atoms with Gasteiger partial charge in [-0.1, -0.05) is 32.9 Å². The van der Waals surface area contributed by atoms with Gasteiger partial charge in [-0.3, -0.25) is 9.59 Å². The number of hydrogen-bond donors (Lipinski definition) is 1. The Morgan fingerprint density at radius 2 is 1.75 bits per heavy atom. The van der Waals surface area contributed by atoms with E-state index in [1.54, 1.807) is 46.9 Å². The molecule has 134 valence electrons. The lowest BCUT2D eigenvalue weighted by Crippen LogP contribution is -2.48. The van der Waals surface area contributed by atoms with E-state index < -0.39 is 18.1 Å². The van der Waals surface area contributed by atoms with E-state index in [0.29, 0.717) is 6.54 Å². The second kappa shape index (κ2) is 8.08. The van der Waals surface area contributed by atoms with Crippen LogP contribution in [0.3, 0.4) is 0 Å². The molecule has 0 bridgehead atoms. The third kappa shape index (κ3) is 6.14. The van der Waals surface area contributed by atoms with Crippen molar-refractivity contribution >= 4 is 11.8 Å². The van der Waals surface area contributed by atoms with Gasteiger partial charge < -0.3 is 15.0 Å². The number of alkyl halides is 2. The molecule has 0 unspecified atom stereocenters. The Labute approximate surface area is 141 Å². The van der Waals surface area contributed by atoms with Crippen molar-refractivity contribution in [1.29, 1.82) is 0 Å². The van der Waals surface area contributed by atoms with Crippen molar-refractivity contribution in [3.8, 4) is 5.75 Å². The van der Waals surface area contributed by atoms with Crippen LogP contribution >= 0.6 is 0 Å². The zero-order chi connectivity index (χ0) is 18.5. The molecule has 5 nitrogen and oxygen atoms in total. The van der Waals surface area contributed by atoms with E-state index in [9.17, 15) is 18.4 Å². The molecule has 2 amide bonds. The fraction of sp³-hybridized carbons (Fsp3) is 0.529. The molecule has 0 heterocycles. The molecule has 1 atom stereocenters. The minimum Gasteiger partial charge on any atom is -0.435 e. The maximum absolute atomic E-state index is 12.3. The fourth-order valence-corrected chi connectivity index (χ4v) is 1.93. The fourth-order valence-electron chi connectivity index (χ4n) is 1.93. The monoisotopic (exact) mass is 342 g/mol. The average molecular weight is 342 g/mol. The maximum atomic E-state index is 12.3. The number of rotatable bonds is 6. The van der Waals surface area contributed by atoms with Crippen LogP contribution in [0.5, 0.6) is 5.75 Å². The van der Waals surface area contributed by atoms with Crippen molar-refractivity contribution in [3.05, 3.63) is 29.8 Å². The summed E-state index contributed by atoms with van der Waals surface area (Å²) in [5.74, 6) is -0.376. The summed E-state index contributed by atoms with van der Waals surface area (Å²) in [4.78, 5) is 25.7. The summed E-state index contributed by atoms with van der Waals surface area (Å²) in [6.45, 7) is 4.36. The predicted octanol–water partition coefficient (Wildman–Crippen LogP) is 2.80. The molecule has 0 aromatic heterocycles. The van der Waals surface area contributed by atoms with E-state index in [1.165, 1.54) is 17.0 Å². The summed E-state index contributed by atoms with van der Waals surface area (Å²) in [6.07, 6.45) is 0. The van der Waals surface area contributed by atoms with Gasteiger partial charge in [-0.15, -0.1) is 0 Å². The summed E-state index contributed by atoms with van der Waals surface area (Å²) < 4.78 is 28.5. The number of nitrogens with zero attached hydrogens (tertiary/aromatic N) is 1. The summed E-state index contributed by atoms with van der Waals surface area (Å²) in [7, 11) is 1.62. The summed E-state index contributed by atoms with van der Waals surface area (Å²) >= 11 is 0. The molecule has 0 fully saturated rings. The van der Waals surface area contributed by atoms with Gasteiger partial charge >= 0.3 is 6.61 Å². The van der Waals surface area contributed by atoms with Gasteiger partial charge in [0.05, 0.1) is 0 Å². The topological polar surface area (TPSA) is 58.6 Å². The lowest BCUT2D eigenvalue weighted by Gasteiger charge is -2.25. The number of nitrogens with one attached hydrogen (secondary N) is 1. The van der Waals surface area contributed by atoms with Crippen LogP contribution < -0.4 is 10.1 Å². The molecule has 0 radical (unpaired) electrons. The molecule has 0 aliphatic carbocycles. The number of benzene rings is 1. The Morgan fingerprint density at radius 3 is 2.21 bits per heavy atom. The van der Waals surface area contributed by atoms with E-state index in [2.05, 4.69) is 10.1 Å². The average Bonchev–Trinajstić information content (AvgIpc) is 2.46. The van der Waals surface area contributed by atoms with Crippen LogP contribution in [0.2, 0.25) is 0 Å². The molecule has 0 aliphatic heterocycles. The largest absolute Gasteiger partial charge is 0.435 e. The van der Waals surface area contributed by atoms with Crippen LogP contribution in [0.25, 0.3) is 0 Å². The van der Waals surface area contributed by atoms with Gasteiger partial charge in [0, 0.05) is 19.0 Å². The minimum absolute atomic E-state index is 0.0635. The number of hydrogen-bond acceptors (Lipinski definition) is 3. The first-order chi connectivity index (χ1) is 11.0. The van der Waals surface area contributed by atoms with E-state index >= 15 is 0 Å². The second-order valence-electron chi connectivity index (χ2n) is 6.66. The van der Waals surface area contributed by atoms with Crippen molar-refractivity contribution in [2.24, 2.45) is 5.41 Å². The zero-order valence-electron chi connectivity index (χ0n) is 14.6. The van der Waals surface area contributed by atoms with Crippen molar-refractivity contribution in [3.63, 3.8) is 0 Å². The number of carbonyl (C=O) groups is 2. The standard InChI is InChI=1S/C17H24F2N2O3/c1-11(20-15(23)17(2,3)4)14(22)21(5)10-12-6-8-13(9-7-12)24-16(18)19/h6-9,11,16H,10H2,1-5H3,(H,20,23)/t11-/m1/s1. The molecule has 1 N–H and O–H groups in total. The molecule has 7 heteroatoms. The molecule has 0 saturated carbocycles. The highest BCUT2D eigenvalue weighted by molar-refractivity contribution is 5.89. The first-order valence-corrected chi connectivity index (χ1v) is 7.60. The maximum Gasteiger partial charge on any atom is 0.387 e. The van der Waals surface area contributed by atoms with Crippen molar-refractivity contribution in [2.45, 2.75) is 46.9 Å². The molecule has 1 rings (SSSR count). The van der Waals surface area contributed by atoms with Crippen molar-refractivity contribution in [2.75, 3.05) is 7.05 Å². The Hall–Kier alpha value is -2.18. The number of halogens is 2. The van der Waals surface area contributed by atoms with Crippen molar-refractivity contribution < 1.29 is 23.1 Å². The van der Waals surface area contributed by atoms with Gasteiger partial charge in [-0.25, -0.2) is 0 Å². The lowest BCUT2D eigenvalue weighted by atomic mass is 9.95. The quantitative estimate of drug-likeness (QED) is 0.865.